The standard InChI is InChI=1S/C13H17N3O8.3Na/c1-6(14)2-7-5-15-10(16-7)11(21)24-13(12(22)23,3-8(17)18)4-9(19)20;;;/h5-6H,2-4,14H2,1H3,(H,15,16)(H,17,18)(H,19,20)(H,22,23);;;/q;3*+1/p-3/t6-;;;/m1.../s1. The van der Waals surface area contributed by atoms with Crippen molar-refractivity contribution in [3.63, 3.8) is 0 Å². The van der Waals surface area contributed by atoms with E-state index in [2.05, 4.69) is 14.7 Å². The van der Waals surface area contributed by atoms with E-state index in [0.717, 1.165) is 0 Å². The van der Waals surface area contributed by atoms with Crippen molar-refractivity contribution < 1.29 is 128 Å². The van der Waals surface area contributed by atoms with Gasteiger partial charge in [-0.3, -0.25) is 0 Å². The Balaban J connectivity index is -0.00000192. The summed E-state index contributed by atoms with van der Waals surface area (Å²) in [6.07, 6.45) is -1.24. The number of nitrogens with zero attached hydrogens (tertiary/aromatic N) is 1. The fourth-order valence-corrected chi connectivity index (χ4v) is 1.91. The number of imidazole rings is 1. The van der Waals surface area contributed by atoms with Gasteiger partial charge < -0.3 is 45.2 Å². The molecule has 27 heavy (non-hydrogen) atoms. The van der Waals surface area contributed by atoms with Crippen LogP contribution in [-0.4, -0.2) is 45.5 Å². The quantitative estimate of drug-likeness (QED) is 0.291. The molecule has 0 unspecified atom stereocenters. The fraction of sp³-hybridized carbons (Fsp3) is 0.462. The van der Waals surface area contributed by atoms with Crippen LogP contribution in [0.2, 0.25) is 0 Å². The largest absolute Gasteiger partial charge is 1.00 e. The summed E-state index contributed by atoms with van der Waals surface area (Å²) >= 11 is 0. The minimum Gasteiger partial charge on any atom is -0.550 e. The molecule has 14 heteroatoms. The molecule has 0 fully saturated rings. The van der Waals surface area contributed by atoms with Crippen LogP contribution in [0, 0.1) is 0 Å². The van der Waals surface area contributed by atoms with Crippen molar-refractivity contribution in [3.05, 3.63) is 17.7 Å². The molecule has 0 aliphatic carbocycles. The van der Waals surface area contributed by atoms with Crippen LogP contribution in [0.1, 0.15) is 36.1 Å². The summed E-state index contributed by atoms with van der Waals surface area (Å²) in [6.45, 7) is 1.69. The second kappa shape index (κ2) is 14.1. The number of aromatic amines is 1. The number of hydrogen-bond donors (Lipinski definition) is 2. The zero-order valence-electron chi connectivity index (χ0n) is 15.6. The first-order chi connectivity index (χ1) is 11.1. The number of ether oxygens (including phenoxy) is 1. The zero-order valence-corrected chi connectivity index (χ0v) is 21.6. The maximum atomic E-state index is 12.0. The Morgan fingerprint density at radius 2 is 1.63 bits per heavy atom. The average molecular weight is 409 g/mol. The van der Waals surface area contributed by atoms with Crippen LogP contribution < -0.4 is 110 Å². The van der Waals surface area contributed by atoms with Gasteiger partial charge in [-0.1, -0.05) is 0 Å². The number of carbonyl (C=O) groups is 4. The molecule has 1 heterocycles. The Hall–Kier alpha value is 0.0500. The minimum atomic E-state index is -2.98. The van der Waals surface area contributed by atoms with E-state index in [0.29, 0.717) is 12.1 Å². The molecular weight excluding hydrogens is 395 g/mol. The van der Waals surface area contributed by atoms with E-state index in [-0.39, 0.29) is 94.7 Å². The third kappa shape index (κ3) is 10.4. The Kier molecular flexibility index (Phi) is 16.6. The van der Waals surface area contributed by atoms with Crippen molar-refractivity contribution in [1.82, 2.24) is 9.97 Å². The van der Waals surface area contributed by atoms with E-state index in [9.17, 15) is 34.5 Å². The normalized spacial score (nSPS) is 11.0. The SMILES string of the molecule is C[C@@H](N)Cc1c[nH]c(C(=O)OC(CC(=O)[O-])(CC(=O)[O-])C(=O)[O-])n1.[Na+].[Na+].[Na+]. The topological polar surface area (TPSA) is 201 Å². The molecular formula is C13H14N3Na3O8. The maximum absolute atomic E-state index is 12.0. The number of H-pyrrole nitrogens is 1. The van der Waals surface area contributed by atoms with Gasteiger partial charge in [-0.25, -0.2) is 9.78 Å². The second-order valence-corrected chi connectivity index (χ2v) is 5.19. The van der Waals surface area contributed by atoms with Crippen molar-refractivity contribution in [2.45, 2.75) is 37.8 Å². The third-order valence-electron chi connectivity index (χ3n) is 2.88. The van der Waals surface area contributed by atoms with Crippen LogP contribution in [0.4, 0.5) is 0 Å². The molecule has 1 aromatic rings. The first kappa shape index (κ1) is 31.7. The summed E-state index contributed by atoms with van der Waals surface area (Å²) in [5, 5.41) is 32.6. The number of carbonyl (C=O) groups excluding carboxylic acids is 4. The molecule has 0 aliphatic rings. The molecule has 0 saturated carbocycles. The molecule has 132 valence electrons. The summed E-state index contributed by atoms with van der Waals surface area (Å²) in [4.78, 5) is 50.8. The van der Waals surface area contributed by atoms with E-state index in [1.54, 1.807) is 6.92 Å². The van der Waals surface area contributed by atoms with Gasteiger partial charge in [-0.05, 0) is 6.92 Å². The van der Waals surface area contributed by atoms with Crippen LogP contribution >= 0.6 is 0 Å². The summed E-state index contributed by atoms with van der Waals surface area (Å²) in [6, 6.07) is -0.268. The molecule has 0 aromatic carbocycles. The van der Waals surface area contributed by atoms with Crippen LogP contribution in [-0.2, 0) is 25.5 Å². The van der Waals surface area contributed by atoms with Gasteiger partial charge in [0.15, 0.2) is 5.60 Å². The number of nitrogens with two attached hydrogens (primary N) is 1. The number of hydrogen-bond acceptors (Lipinski definition) is 10. The molecule has 0 bridgehead atoms. The summed E-state index contributed by atoms with van der Waals surface area (Å²) in [7, 11) is 0. The van der Waals surface area contributed by atoms with Crippen molar-refractivity contribution in [1.29, 1.82) is 0 Å². The number of carboxylic acids is 3. The molecule has 1 rings (SSSR count). The Labute approximate surface area is 220 Å². The fourth-order valence-electron chi connectivity index (χ4n) is 1.91. The van der Waals surface area contributed by atoms with E-state index in [1.165, 1.54) is 6.20 Å². The molecule has 0 radical (unpaired) electrons. The Morgan fingerprint density at radius 3 is 2.00 bits per heavy atom. The smallest absolute Gasteiger partial charge is 0.550 e. The molecule has 0 amide bonds. The van der Waals surface area contributed by atoms with Crippen LogP contribution in [0.5, 0.6) is 0 Å². The maximum Gasteiger partial charge on any atom is 1.00 e. The number of rotatable bonds is 9. The number of esters is 1. The monoisotopic (exact) mass is 409 g/mol. The summed E-state index contributed by atoms with van der Waals surface area (Å²) < 4.78 is 4.56. The molecule has 0 aliphatic heterocycles. The molecule has 1 atom stereocenters. The van der Waals surface area contributed by atoms with Crippen molar-refractivity contribution in [2.75, 3.05) is 0 Å². The Bertz CT molecular complexity index is 649. The molecule has 11 nitrogen and oxygen atoms in total. The number of carboxylic acid groups (broad SMARTS) is 3. The minimum absolute atomic E-state index is 0. The van der Waals surface area contributed by atoms with E-state index in [1.807, 2.05) is 0 Å². The zero-order chi connectivity index (χ0) is 18.5. The molecule has 0 spiro atoms. The average Bonchev–Trinajstić information content (AvgIpc) is 2.84. The third-order valence-corrected chi connectivity index (χ3v) is 2.88. The molecule has 1 aromatic heterocycles. The van der Waals surface area contributed by atoms with Gasteiger partial charge >= 0.3 is 94.6 Å². The van der Waals surface area contributed by atoms with Gasteiger partial charge in [-0.15, -0.1) is 0 Å². The van der Waals surface area contributed by atoms with E-state index < -0.39 is 48.1 Å². The Morgan fingerprint density at radius 1 is 1.15 bits per heavy atom. The van der Waals surface area contributed by atoms with E-state index in [4.69, 9.17) is 5.73 Å². The van der Waals surface area contributed by atoms with Crippen LogP contribution in [0.25, 0.3) is 0 Å². The molecule has 3 N–H and O–H groups in total. The van der Waals surface area contributed by atoms with Crippen molar-refractivity contribution >= 4 is 23.9 Å². The first-order valence-corrected chi connectivity index (χ1v) is 6.70. The van der Waals surface area contributed by atoms with Gasteiger partial charge in [0.2, 0.25) is 5.82 Å². The van der Waals surface area contributed by atoms with Crippen molar-refractivity contribution in [2.24, 2.45) is 5.73 Å². The van der Waals surface area contributed by atoms with Crippen LogP contribution in [0.3, 0.4) is 0 Å². The van der Waals surface area contributed by atoms with Crippen LogP contribution in [0.15, 0.2) is 6.20 Å². The van der Waals surface area contributed by atoms with Gasteiger partial charge in [-0.2, -0.15) is 0 Å². The number of aromatic nitrogens is 2. The van der Waals surface area contributed by atoms with E-state index >= 15 is 0 Å². The van der Waals surface area contributed by atoms with Gasteiger partial charge in [0.1, 0.15) is 0 Å². The summed E-state index contributed by atoms with van der Waals surface area (Å²) in [5.74, 6) is -7.95. The number of aliphatic carboxylic acids is 3. The predicted molar refractivity (Wildman–Crippen MR) is 68.3 cm³/mol. The van der Waals surface area contributed by atoms with Crippen molar-refractivity contribution in [3.8, 4) is 0 Å². The molecule has 0 saturated heterocycles. The summed E-state index contributed by atoms with van der Waals surface area (Å²) in [5.41, 5.74) is 2.95. The first-order valence-electron chi connectivity index (χ1n) is 6.70. The van der Waals surface area contributed by atoms with Gasteiger partial charge in [0.05, 0.1) is 11.7 Å². The number of nitrogens with one attached hydrogen (secondary N) is 1. The van der Waals surface area contributed by atoms with Gasteiger partial charge in [0.25, 0.3) is 0 Å². The predicted octanol–water partition coefficient (Wildman–Crippen LogP) is -13.8. The van der Waals surface area contributed by atoms with Gasteiger partial charge in [0, 0.05) is 43.4 Å². The second-order valence-electron chi connectivity index (χ2n) is 5.19.